The minimum Gasteiger partial charge on any atom is -0.481 e. The Labute approximate surface area is 253 Å². The fraction of sp³-hybridized carbons (Fsp3) is 0.467. The molecule has 0 fully saturated rings. The molecule has 236 valence electrons. The van der Waals surface area contributed by atoms with Crippen molar-refractivity contribution in [3.63, 3.8) is 0 Å². The van der Waals surface area contributed by atoms with Crippen LogP contribution in [0.2, 0.25) is 0 Å². The molecular formula is C30H35F3N6O4S. The molecule has 5 rings (SSSR count). The number of hydrogen-bond acceptors (Lipinski definition) is 6. The number of hydrogen-bond donors (Lipinski definition) is 1. The van der Waals surface area contributed by atoms with Gasteiger partial charge < -0.3 is 5.11 Å². The summed E-state index contributed by atoms with van der Waals surface area (Å²) in [4.78, 5) is 12.2. The van der Waals surface area contributed by atoms with Gasteiger partial charge in [-0.2, -0.15) is 22.6 Å². The molecule has 0 saturated heterocycles. The second-order valence-corrected chi connectivity index (χ2v) is 14.0. The molecule has 0 bridgehead atoms. The normalized spacial score (nSPS) is 18.2. The van der Waals surface area contributed by atoms with Crippen LogP contribution in [-0.4, -0.2) is 55.1 Å². The maximum Gasteiger partial charge on any atom is 0.416 e. The Morgan fingerprint density at radius 1 is 1.16 bits per heavy atom. The maximum atomic E-state index is 13.8. The molecule has 10 nitrogen and oxygen atoms in total. The van der Waals surface area contributed by atoms with Crippen LogP contribution >= 0.6 is 0 Å². The van der Waals surface area contributed by atoms with Gasteiger partial charge in [-0.3, -0.25) is 9.48 Å². The van der Waals surface area contributed by atoms with Gasteiger partial charge in [-0.25, -0.2) is 13.1 Å². The molecule has 4 aromatic rings. The fourth-order valence-corrected chi connectivity index (χ4v) is 7.87. The number of rotatable bonds is 7. The lowest BCUT2D eigenvalue weighted by molar-refractivity contribution is -0.147. The summed E-state index contributed by atoms with van der Waals surface area (Å²) >= 11 is 0. The van der Waals surface area contributed by atoms with E-state index in [9.17, 15) is 31.5 Å². The average Bonchev–Trinajstić information content (AvgIpc) is 3.49. The van der Waals surface area contributed by atoms with Crippen molar-refractivity contribution in [2.45, 2.75) is 71.1 Å². The van der Waals surface area contributed by atoms with E-state index in [2.05, 4.69) is 15.4 Å². The molecule has 14 heteroatoms. The van der Waals surface area contributed by atoms with Crippen molar-refractivity contribution in [2.75, 3.05) is 6.54 Å². The highest BCUT2D eigenvalue weighted by Gasteiger charge is 2.42. The molecule has 1 aliphatic rings. The van der Waals surface area contributed by atoms with Crippen molar-refractivity contribution in [3.05, 3.63) is 70.0 Å². The predicted molar refractivity (Wildman–Crippen MR) is 156 cm³/mol. The van der Waals surface area contributed by atoms with E-state index < -0.39 is 39.1 Å². The first-order valence-corrected chi connectivity index (χ1v) is 15.7. The van der Waals surface area contributed by atoms with E-state index in [4.69, 9.17) is 0 Å². The second-order valence-electron chi connectivity index (χ2n) is 12.1. The van der Waals surface area contributed by atoms with Crippen LogP contribution < -0.4 is 0 Å². The van der Waals surface area contributed by atoms with E-state index in [0.717, 1.165) is 17.1 Å². The minimum atomic E-state index is -4.69. The molecule has 0 spiro atoms. The minimum absolute atomic E-state index is 0.0891. The third-order valence-electron chi connectivity index (χ3n) is 8.59. The summed E-state index contributed by atoms with van der Waals surface area (Å²) < 4.78 is 72.6. The summed E-state index contributed by atoms with van der Waals surface area (Å²) in [6, 6.07) is 8.26. The number of aliphatic carboxylic acids is 1. The standard InChI is InChI=1S/C30H35F3N6O4S/c1-7-39-24-11-10-22(18(3)27(24)34-36-39)26(29(4,5)28(40)41)23-14-21(37(6)35-23)16-38-15-17(2)12-19-8-9-20(30(31,32)33)13-25(19)44(38,42)43/h8-11,13-14,17,26H,7,12,15-16H2,1-6H3,(H,40,41)/t17-,26+/m0/s1. The maximum absolute atomic E-state index is 13.8. The number of benzene rings is 2. The van der Waals surface area contributed by atoms with Crippen LogP contribution in [0.5, 0.6) is 0 Å². The number of nitrogens with zero attached hydrogens (tertiary/aromatic N) is 6. The third-order valence-corrected chi connectivity index (χ3v) is 10.5. The number of aryl methyl sites for hydroxylation is 3. The number of carboxylic acid groups (broad SMARTS) is 1. The highest BCUT2D eigenvalue weighted by atomic mass is 32.2. The van der Waals surface area contributed by atoms with Crippen molar-refractivity contribution in [1.82, 2.24) is 29.1 Å². The van der Waals surface area contributed by atoms with Gasteiger partial charge in [0.1, 0.15) is 5.52 Å². The van der Waals surface area contributed by atoms with Crippen molar-refractivity contribution < 1.29 is 31.5 Å². The molecule has 0 amide bonds. The molecule has 0 aliphatic carbocycles. The molecule has 0 saturated carbocycles. The first kappa shape index (κ1) is 31.6. The SMILES string of the molecule is CCn1nnc2c(C)c([C@H](c3cc(CN4C[C@@H](C)Cc5ccc(C(F)(F)F)cc5S4(=O)=O)n(C)n3)C(C)(C)C(=O)O)ccc21. The number of alkyl halides is 3. The first-order valence-electron chi connectivity index (χ1n) is 14.3. The number of aromatic nitrogens is 5. The largest absolute Gasteiger partial charge is 0.481 e. The van der Waals surface area contributed by atoms with Crippen LogP contribution in [0.1, 0.15) is 67.3 Å². The van der Waals surface area contributed by atoms with Gasteiger partial charge in [0.05, 0.1) is 39.3 Å². The van der Waals surface area contributed by atoms with Crippen molar-refractivity contribution in [1.29, 1.82) is 0 Å². The van der Waals surface area contributed by atoms with Crippen molar-refractivity contribution >= 4 is 27.0 Å². The van der Waals surface area contributed by atoms with Crippen LogP contribution in [-0.2, 0) is 47.6 Å². The zero-order valence-corrected chi connectivity index (χ0v) is 26.2. The molecular weight excluding hydrogens is 597 g/mol. The van der Waals surface area contributed by atoms with Gasteiger partial charge in [0.25, 0.3) is 0 Å². The Morgan fingerprint density at radius 3 is 2.50 bits per heavy atom. The van der Waals surface area contributed by atoms with Crippen LogP contribution in [0, 0.1) is 18.3 Å². The second kappa shape index (κ2) is 11.0. The van der Waals surface area contributed by atoms with Gasteiger partial charge in [-0.05, 0) is 81.0 Å². The fourth-order valence-electron chi connectivity index (χ4n) is 6.08. The van der Waals surface area contributed by atoms with Gasteiger partial charge >= 0.3 is 12.1 Å². The van der Waals surface area contributed by atoms with E-state index >= 15 is 0 Å². The van der Waals surface area contributed by atoms with Gasteiger partial charge in [0, 0.05) is 26.1 Å². The van der Waals surface area contributed by atoms with Crippen LogP contribution in [0.25, 0.3) is 11.0 Å². The third kappa shape index (κ3) is 5.38. The smallest absolute Gasteiger partial charge is 0.416 e. The van der Waals surface area contributed by atoms with Crippen molar-refractivity contribution in [3.8, 4) is 0 Å². The zero-order valence-electron chi connectivity index (χ0n) is 25.3. The van der Waals surface area contributed by atoms with Gasteiger partial charge in [-0.1, -0.05) is 24.3 Å². The van der Waals surface area contributed by atoms with Crippen LogP contribution in [0.15, 0.2) is 41.3 Å². The number of carboxylic acids is 1. The molecule has 2 aromatic heterocycles. The average molecular weight is 633 g/mol. The highest BCUT2D eigenvalue weighted by molar-refractivity contribution is 7.89. The van der Waals surface area contributed by atoms with E-state index in [-0.39, 0.29) is 23.9 Å². The summed E-state index contributed by atoms with van der Waals surface area (Å²) in [5, 5.41) is 23.5. The topological polar surface area (TPSA) is 123 Å². The van der Waals surface area contributed by atoms with Gasteiger partial charge in [-0.15, -0.1) is 5.10 Å². The van der Waals surface area contributed by atoms with Crippen LogP contribution in [0.3, 0.4) is 0 Å². The predicted octanol–water partition coefficient (Wildman–Crippen LogP) is 5.14. The van der Waals surface area contributed by atoms with E-state index in [1.807, 2.05) is 32.9 Å². The lowest BCUT2D eigenvalue weighted by Crippen LogP contribution is -2.33. The quantitative estimate of drug-likeness (QED) is 0.299. The number of halogens is 3. The number of fused-ring (bicyclic) bond motifs is 2. The molecule has 2 atom stereocenters. The van der Waals surface area contributed by atoms with Crippen LogP contribution in [0.4, 0.5) is 13.2 Å². The molecule has 1 aliphatic heterocycles. The molecule has 0 unspecified atom stereocenters. The zero-order chi connectivity index (χ0) is 32.4. The van der Waals surface area contributed by atoms with E-state index in [1.165, 1.54) is 15.1 Å². The Kier molecular flexibility index (Phi) is 7.90. The molecule has 0 radical (unpaired) electrons. The van der Waals surface area contributed by atoms with E-state index in [0.29, 0.717) is 47.1 Å². The summed E-state index contributed by atoms with van der Waals surface area (Å²) in [7, 11) is -2.67. The molecule has 44 heavy (non-hydrogen) atoms. The summed E-state index contributed by atoms with van der Waals surface area (Å²) in [6.45, 7) is 9.42. The monoisotopic (exact) mass is 632 g/mol. The van der Waals surface area contributed by atoms with Crippen molar-refractivity contribution in [2.24, 2.45) is 18.4 Å². The number of carbonyl (C=O) groups is 1. The lowest BCUT2D eigenvalue weighted by atomic mass is 9.72. The summed E-state index contributed by atoms with van der Waals surface area (Å²) in [6.07, 6.45) is -4.39. The summed E-state index contributed by atoms with van der Waals surface area (Å²) in [5.41, 5.74) is 1.78. The molecule has 1 N–H and O–H groups in total. The first-order chi connectivity index (χ1) is 20.5. The Morgan fingerprint density at radius 2 is 1.86 bits per heavy atom. The number of sulfonamides is 1. The summed E-state index contributed by atoms with van der Waals surface area (Å²) in [5.74, 6) is -1.96. The Bertz CT molecular complexity index is 1860. The highest BCUT2D eigenvalue weighted by Crippen LogP contribution is 2.43. The Balaban J connectivity index is 1.58. The van der Waals surface area contributed by atoms with E-state index in [1.54, 1.807) is 31.6 Å². The molecule has 3 heterocycles. The van der Waals surface area contributed by atoms with Gasteiger partial charge in [0.2, 0.25) is 10.0 Å². The lowest BCUT2D eigenvalue weighted by Gasteiger charge is -2.30. The van der Waals surface area contributed by atoms with Gasteiger partial charge in [0.15, 0.2) is 0 Å². The Hall–Kier alpha value is -3.78. The molecule has 2 aromatic carbocycles.